The first-order valence-electron chi connectivity index (χ1n) is 3.27. The van der Waals surface area contributed by atoms with Gasteiger partial charge in [-0.2, -0.15) is 4.98 Å². The maximum Gasteiger partial charge on any atom is 0.320 e. The molecule has 2 aromatic rings. The molecule has 0 spiro atoms. The molecule has 60 valence electrons. The van der Waals surface area contributed by atoms with Crippen molar-refractivity contribution in [3.05, 3.63) is 29.7 Å². The fraction of sp³-hybridized carbons (Fsp3) is 0. The van der Waals surface area contributed by atoms with Gasteiger partial charge in [0.25, 0.3) is 0 Å². The van der Waals surface area contributed by atoms with Gasteiger partial charge in [0.15, 0.2) is 0 Å². The molecule has 0 aliphatic rings. The average molecular weight is 182 g/mol. The Hall–Kier alpha value is -1.42. The van der Waals surface area contributed by atoms with Crippen LogP contribution < -0.4 is 0 Å². The predicted octanol–water partition coefficient (Wildman–Crippen LogP) is 1.78. The van der Waals surface area contributed by atoms with Gasteiger partial charge in [0, 0.05) is 6.20 Å². The number of rotatable bonds is 1. The van der Waals surface area contributed by atoms with Crippen LogP contribution in [-0.4, -0.2) is 15.1 Å². The maximum absolute atomic E-state index is 5.44. The third-order valence-corrected chi connectivity index (χ3v) is 1.45. The zero-order valence-electron chi connectivity index (χ0n) is 5.94. The number of pyridine rings is 1. The quantitative estimate of drug-likeness (QED) is 0.673. The van der Waals surface area contributed by atoms with E-state index in [2.05, 4.69) is 19.6 Å². The summed E-state index contributed by atoms with van der Waals surface area (Å²) in [6.07, 6.45) is 1.65. The van der Waals surface area contributed by atoms with Crippen LogP contribution in [0.3, 0.4) is 0 Å². The third kappa shape index (κ3) is 1.29. The highest BCUT2D eigenvalue weighted by Gasteiger charge is 2.05. The van der Waals surface area contributed by atoms with Crippen LogP contribution >= 0.6 is 11.6 Å². The molecule has 0 aromatic carbocycles. The van der Waals surface area contributed by atoms with E-state index in [1.54, 1.807) is 12.3 Å². The third-order valence-electron chi connectivity index (χ3n) is 1.30. The molecule has 0 saturated heterocycles. The molecule has 12 heavy (non-hydrogen) atoms. The van der Waals surface area contributed by atoms with E-state index in [0.29, 0.717) is 11.5 Å². The summed E-state index contributed by atoms with van der Waals surface area (Å²) in [6, 6.07) is 5.43. The van der Waals surface area contributed by atoms with Crippen LogP contribution in [0.5, 0.6) is 0 Å². The fourth-order valence-corrected chi connectivity index (χ4v) is 0.919. The van der Waals surface area contributed by atoms with Crippen molar-refractivity contribution in [3.8, 4) is 11.5 Å². The van der Waals surface area contributed by atoms with E-state index in [1.807, 2.05) is 12.1 Å². The number of aromatic nitrogens is 3. The average Bonchev–Trinajstić information content (AvgIpc) is 2.54. The minimum Gasteiger partial charge on any atom is -0.321 e. The van der Waals surface area contributed by atoms with Crippen molar-refractivity contribution < 1.29 is 4.52 Å². The van der Waals surface area contributed by atoms with Gasteiger partial charge in [0.2, 0.25) is 5.82 Å². The number of hydrogen-bond donors (Lipinski definition) is 0. The molecular formula is C7H4ClN3O. The molecule has 0 aliphatic heterocycles. The van der Waals surface area contributed by atoms with Gasteiger partial charge in [-0.15, -0.1) is 0 Å². The summed E-state index contributed by atoms with van der Waals surface area (Å²) in [5.74, 6) is 0.403. The van der Waals surface area contributed by atoms with E-state index in [1.165, 1.54) is 0 Å². The van der Waals surface area contributed by atoms with Crippen molar-refractivity contribution in [2.75, 3.05) is 0 Å². The second-order valence-electron chi connectivity index (χ2n) is 2.09. The summed E-state index contributed by atoms with van der Waals surface area (Å²) >= 11 is 5.44. The number of halogens is 1. The predicted molar refractivity (Wildman–Crippen MR) is 42.5 cm³/mol. The molecule has 0 saturated carbocycles. The lowest BCUT2D eigenvalue weighted by molar-refractivity contribution is 0.420. The molecule has 0 bridgehead atoms. The molecule has 0 N–H and O–H groups in total. The van der Waals surface area contributed by atoms with E-state index < -0.39 is 0 Å². The van der Waals surface area contributed by atoms with Gasteiger partial charge in [-0.3, -0.25) is 4.98 Å². The molecule has 2 heterocycles. The Bertz CT molecular complexity index is 373. The van der Waals surface area contributed by atoms with Crippen LogP contribution in [0.2, 0.25) is 5.35 Å². The highest BCUT2D eigenvalue weighted by atomic mass is 35.5. The van der Waals surface area contributed by atoms with Crippen molar-refractivity contribution in [2.24, 2.45) is 0 Å². The van der Waals surface area contributed by atoms with E-state index in [9.17, 15) is 0 Å². The molecule has 0 unspecified atom stereocenters. The summed E-state index contributed by atoms with van der Waals surface area (Å²) in [5, 5.41) is 3.63. The number of nitrogens with zero attached hydrogens (tertiary/aromatic N) is 3. The van der Waals surface area contributed by atoms with Crippen molar-refractivity contribution in [1.29, 1.82) is 0 Å². The first-order valence-corrected chi connectivity index (χ1v) is 3.64. The molecule has 0 aliphatic carbocycles. The zero-order valence-corrected chi connectivity index (χ0v) is 6.69. The fourth-order valence-electron chi connectivity index (χ4n) is 0.804. The normalized spacial score (nSPS) is 10.1. The van der Waals surface area contributed by atoms with Gasteiger partial charge in [0.1, 0.15) is 5.69 Å². The summed E-state index contributed by atoms with van der Waals surface area (Å²) in [4.78, 5) is 7.82. The molecule has 0 atom stereocenters. The lowest BCUT2D eigenvalue weighted by Gasteiger charge is -1.88. The molecule has 4 nitrogen and oxygen atoms in total. The second-order valence-corrected chi connectivity index (χ2v) is 2.41. The minimum absolute atomic E-state index is 0.0238. The Labute approximate surface area is 73.2 Å². The Balaban J connectivity index is 2.45. The molecule has 0 radical (unpaired) electrons. The summed E-state index contributed by atoms with van der Waals surface area (Å²) in [5.41, 5.74) is 0.646. The molecule has 0 amide bonds. The molecule has 0 fully saturated rings. The van der Waals surface area contributed by atoms with Gasteiger partial charge in [-0.05, 0) is 23.7 Å². The zero-order chi connectivity index (χ0) is 8.39. The lowest BCUT2D eigenvalue weighted by atomic mass is 10.3. The smallest absolute Gasteiger partial charge is 0.320 e. The maximum atomic E-state index is 5.44. The van der Waals surface area contributed by atoms with E-state index in [-0.39, 0.29) is 5.35 Å². The van der Waals surface area contributed by atoms with Crippen molar-refractivity contribution in [1.82, 2.24) is 15.1 Å². The van der Waals surface area contributed by atoms with E-state index in [0.717, 1.165) is 0 Å². The highest BCUT2D eigenvalue weighted by molar-refractivity contribution is 6.27. The first-order chi connectivity index (χ1) is 5.86. The largest absolute Gasteiger partial charge is 0.321 e. The van der Waals surface area contributed by atoms with Crippen LogP contribution in [0.15, 0.2) is 28.9 Å². The van der Waals surface area contributed by atoms with Gasteiger partial charge in [0.05, 0.1) is 0 Å². The summed E-state index contributed by atoms with van der Waals surface area (Å²) < 4.78 is 4.58. The van der Waals surface area contributed by atoms with E-state index >= 15 is 0 Å². The van der Waals surface area contributed by atoms with E-state index in [4.69, 9.17) is 11.6 Å². The van der Waals surface area contributed by atoms with Crippen LogP contribution in [0.1, 0.15) is 0 Å². The number of hydrogen-bond acceptors (Lipinski definition) is 4. The minimum atomic E-state index is 0.0238. The van der Waals surface area contributed by atoms with Gasteiger partial charge in [-0.25, -0.2) is 0 Å². The topological polar surface area (TPSA) is 51.8 Å². The standard InChI is InChI=1S/C7H4ClN3O/c8-7-10-6(11-12-7)5-3-1-2-4-9-5/h1-4H. The summed E-state index contributed by atoms with van der Waals surface area (Å²) in [7, 11) is 0. The van der Waals surface area contributed by atoms with Gasteiger partial charge in [-0.1, -0.05) is 11.2 Å². The van der Waals surface area contributed by atoms with Crippen LogP contribution in [0.25, 0.3) is 11.5 Å². The Morgan fingerprint density at radius 1 is 1.33 bits per heavy atom. The molecule has 5 heteroatoms. The Morgan fingerprint density at radius 2 is 2.25 bits per heavy atom. The van der Waals surface area contributed by atoms with Gasteiger partial charge < -0.3 is 4.52 Å². The summed E-state index contributed by atoms with van der Waals surface area (Å²) in [6.45, 7) is 0. The molecule has 2 rings (SSSR count). The second kappa shape index (κ2) is 2.91. The van der Waals surface area contributed by atoms with Crippen LogP contribution in [0.4, 0.5) is 0 Å². The van der Waals surface area contributed by atoms with Gasteiger partial charge >= 0.3 is 5.35 Å². The Kier molecular flexibility index (Phi) is 1.75. The van der Waals surface area contributed by atoms with Crippen LogP contribution in [-0.2, 0) is 0 Å². The monoisotopic (exact) mass is 181 g/mol. The van der Waals surface area contributed by atoms with Crippen molar-refractivity contribution in [3.63, 3.8) is 0 Å². The van der Waals surface area contributed by atoms with Crippen LogP contribution in [0, 0.1) is 0 Å². The molecule has 2 aromatic heterocycles. The van der Waals surface area contributed by atoms with Crippen molar-refractivity contribution in [2.45, 2.75) is 0 Å². The molecular weight excluding hydrogens is 178 g/mol. The highest BCUT2D eigenvalue weighted by Crippen LogP contribution is 2.13. The van der Waals surface area contributed by atoms with Crippen molar-refractivity contribution >= 4 is 11.6 Å². The SMILES string of the molecule is Clc1nc(-c2ccccn2)no1. The lowest BCUT2D eigenvalue weighted by Crippen LogP contribution is -1.82. The first kappa shape index (κ1) is 7.24. The Morgan fingerprint density at radius 3 is 2.83 bits per heavy atom.